The number of nitrogens with zero attached hydrogens (tertiary/aromatic N) is 1. The lowest BCUT2D eigenvalue weighted by atomic mass is 10.3. The Kier molecular flexibility index (Phi) is 4.90. The molecule has 0 heterocycles. The third-order valence-electron chi connectivity index (χ3n) is 1.96. The van der Waals surface area contributed by atoms with Crippen LogP contribution >= 0.6 is 23.2 Å². The summed E-state index contributed by atoms with van der Waals surface area (Å²) >= 11 is 11.7. The van der Waals surface area contributed by atoms with E-state index in [0.717, 1.165) is 5.69 Å². The molecule has 88 valence electrons. The van der Waals surface area contributed by atoms with Gasteiger partial charge in [0.25, 0.3) is 0 Å². The second-order valence-electron chi connectivity index (χ2n) is 3.29. The maximum Gasteiger partial charge on any atom is 0.325 e. The molecule has 0 unspecified atom stereocenters. The van der Waals surface area contributed by atoms with E-state index in [1.807, 2.05) is 0 Å². The van der Waals surface area contributed by atoms with E-state index in [0.29, 0.717) is 16.7 Å². The molecule has 5 heteroatoms. The van der Waals surface area contributed by atoms with Gasteiger partial charge in [-0.25, -0.2) is 0 Å². The van der Waals surface area contributed by atoms with Crippen LogP contribution in [0.15, 0.2) is 18.2 Å². The van der Waals surface area contributed by atoms with Gasteiger partial charge in [-0.3, -0.25) is 4.79 Å². The Balaban J connectivity index is 2.72. The van der Waals surface area contributed by atoms with Gasteiger partial charge in [-0.1, -0.05) is 23.2 Å². The Morgan fingerprint density at radius 1 is 1.31 bits per heavy atom. The fourth-order valence-electron chi connectivity index (χ4n) is 1.25. The fourth-order valence-corrected chi connectivity index (χ4v) is 1.77. The first-order valence-corrected chi connectivity index (χ1v) is 5.61. The van der Waals surface area contributed by atoms with Gasteiger partial charge in [0.2, 0.25) is 0 Å². The van der Waals surface area contributed by atoms with Crippen LogP contribution in [0.2, 0.25) is 10.0 Å². The number of hydrogen-bond acceptors (Lipinski definition) is 3. The Labute approximate surface area is 105 Å². The van der Waals surface area contributed by atoms with Gasteiger partial charge in [0.05, 0.1) is 6.61 Å². The van der Waals surface area contributed by atoms with Crippen LogP contribution in [0.1, 0.15) is 6.92 Å². The molecule has 1 aromatic rings. The molecule has 0 fully saturated rings. The molecule has 0 spiro atoms. The van der Waals surface area contributed by atoms with Crippen molar-refractivity contribution in [1.82, 2.24) is 0 Å². The monoisotopic (exact) mass is 261 g/mol. The molecule has 0 aromatic heterocycles. The molecule has 16 heavy (non-hydrogen) atoms. The zero-order chi connectivity index (χ0) is 12.1. The Bertz CT molecular complexity index is 362. The van der Waals surface area contributed by atoms with E-state index in [1.165, 1.54) is 0 Å². The number of ether oxygens (including phenoxy) is 1. The average molecular weight is 262 g/mol. The van der Waals surface area contributed by atoms with Gasteiger partial charge < -0.3 is 9.64 Å². The summed E-state index contributed by atoms with van der Waals surface area (Å²) in [6.45, 7) is 2.32. The van der Waals surface area contributed by atoms with Gasteiger partial charge >= 0.3 is 5.97 Å². The Morgan fingerprint density at radius 3 is 2.38 bits per heavy atom. The largest absolute Gasteiger partial charge is 0.465 e. The summed E-state index contributed by atoms with van der Waals surface area (Å²) in [6, 6.07) is 5.13. The summed E-state index contributed by atoms with van der Waals surface area (Å²) < 4.78 is 4.85. The smallest absolute Gasteiger partial charge is 0.325 e. The van der Waals surface area contributed by atoms with Crippen molar-refractivity contribution in [3.05, 3.63) is 28.2 Å². The van der Waals surface area contributed by atoms with Crippen LogP contribution < -0.4 is 4.90 Å². The highest BCUT2D eigenvalue weighted by Crippen LogP contribution is 2.24. The van der Waals surface area contributed by atoms with Gasteiger partial charge in [-0.2, -0.15) is 0 Å². The second kappa shape index (κ2) is 5.97. The highest BCUT2D eigenvalue weighted by molar-refractivity contribution is 6.35. The zero-order valence-corrected chi connectivity index (χ0v) is 10.7. The first kappa shape index (κ1) is 13.1. The fraction of sp³-hybridized carbons (Fsp3) is 0.364. The third-order valence-corrected chi connectivity index (χ3v) is 2.40. The molecular formula is C11H13Cl2NO2. The van der Waals surface area contributed by atoms with Gasteiger partial charge in [0.1, 0.15) is 6.54 Å². The van der Waals surface area contributed by atoms with Crippen LogP contribution in [0, 0.1) is 0 Å². The van der Waals surface area contributed by atoms with Crippen molar-refractivity contribution in [3.8, 4) is 0 Å². The molecule has 1 rings (SSSR count). The maximum atomic E-state index is 11.3. The molecule has 1 aromatic carbocycles. The predicted molar refractivity (Wildman–Crippen MR) is 66.4 cm³/mol. The molecule has 0 aliphatic heterocycles. The molecule has 0 saturated heterocycles. The second-order valence-corrected chi connectivity index (χ2v) is 4.16. The SMILES string of the molecule is CCOC(=O)CN(C)c1cc(Cl)cc(Cl)c1. The van der Waals surface area contributed by atoms with Gasteiger partial charge in [-0.15, -0.1) is 0 Å². The normalized spacial score (nSPS) is 10.0. The number of halogens is 2. The van der Waals surface area contributed by atoms with Crippen molar-refractivity contribution >= 4 is 34.9 Å². The van der Waals surface area contributed by atoms with Crippen LogP contribution in [-0.2, 0) is 9.53 Å². The van der Waals surface area contributed by atoms with E-state index in [2.05, 4.69) is 0 Å². The summed E-state index contributed by atoms with van der Waals surface area (Å²) in [5.74, 6) is -0.277. The Morgan fingerprint density at radius 2 is 1.88 bits per heavy atom. The molecule has 0 amide bonds. The van der Waals surface area contributed by atoms with E-state index in [1.54, 1.807) is 37.1 Å². The van der Waals surface area contributed by atoms with E-state index in [9.17, 15) is 4.79 Å². The van der Waals surface area contributed by atoms with E-state index >= 15 is 0 Å². The standard InChI is InChI=1S/C11H13Cl2NO2/c1-3-16-11(15)7-14(2)10-5-8(12)4-9(13)6-10/h4-6H,3,7H2,1-2H3. The van der Waals surface area contributed by atoms with Crippen LogP contribution in [-0.4, -0.2) is 26.2 Å². The number of anilines is 1. The van der Waals surface area contributed by atoms with Crippen LogP contribution in [0.5, 0.6) is 0 Å². The van der Waals surface area contributed by atoms with Crippen molar-refractivity contribution in [3.63, 3.8) is 0 Å². The van der Waals surface area contributed by atoms with E-state index < -0.39 is 0 Å². The van der Waals surface area contributed by atoms with Crippen molar-refractivity contribution in [2.45, 2.75) is 6.92 Å². The number of carbonyl (C=O) groups excluding carboxylic acids is 1. The maximum absolute atomic E-state index is 11.3. The number of carbonyl (C=O) groups is 1. The van der Waals surface area contributed by atoms with E-state index in [-0.39, 0.29) is 12.5 Å². The highest BCUT2D eigenvalue weighted by atomic mass is 35.5. The van der Waals surface area contributed by atoms with E-state index in [4.69, 9.17) is 27.9 Å². The summed E-state index contributed by atoms with van der Waals surface area (Å²) in [4.78, 5) is 13.0. The lowest BCUT2D eigenvalue weighted by Gasteiger charge is -2.18. The lowest BCUT2D eigenvalue weighted by Crippen LogP contribution is -2.27. The molecule has 0 saturated carbocycles. The minimum absolute atomic E-state index is 0.171. The zero-order valence-electron chi connectivity index (χ0n) is 9.17. The molecule has 0 aliphatic rings. The van der Waals surface area contributed by atoms with Crippen LogP contribution in [0.4, 0.5) is 5.69 Å². The number of rotatable bonds is 4. The minimum Gasteiger partial charge on any atom is -0.465 e. The van der Waals surface area contributed by atoms with Crippen LogP contribution in [0.25, 0.3) is 0 Å². The molecule has 0 aliphatic carbocycles. The number of hydrogen-bond donors (Lipinski definition) is 0. The molecule has 0 bridgehead atoms. The summed E-state index contributed by atoms with van der Waals surface area (Å²) in [5, 5.41) is 1.08. The first-order valence-electron chi connectivity index (χ1n) is 4.85. The van der Waals surface area contributed by atoms with Gasteiger partial charge in [0.15, 0.2) is 0 Å². The number of esters is 1. The minimum atomic E-state index is -0.277. The van der Waals surface area contributed by atoms with Crippen molar-refractivity contribution in [1.29, 1.82) is 0 Å². The average Bonchev–Trinajstić information content (AvgIpc) is 2.16. The van der Waals surface area contributed by atoms with Crippen molar-refractivity contribution in [2.75, 3.05) is 25.1 Å². The van der Waals surface area contributed by atoms with Crippen LogP contribution in [0.3, 0.4) is 0 Å². The quantitative estimate of drug-likeness (QED) is 0.781. The lowest BCUT2D eigenvalue weighted by molar-refractivity contribution is -0.141. The Hall–Kier alpha value is -0.930. The predicted octanol–water partition coefficient (Wildman–Crippen LogP) is 2.99. The summed E-state index contributed by atoms with van der Waals surface area (Å²) in [7, 11) is 1.78. The third kappa shape index (κ3) is 3.91. The molecule has 3 nitrogen and oxygen atoms in total. The molecule has 0 atom stereocenters. The topological polar surface area (TPSA) is 29.5 Å². The summed E-state index contributed by atoms with van der Waals surface area (Å²) in [5.41, 5.74) is 0.783. The molecule has 0 N–H and O–H groups in total. The van der Waals surface area contributed by atoms with Crippen molar-refractivity contribution in [2.24, 2.45) is 0 Å². The van der Waals surface area contributed by atoms with Gasteiger partial charge in [0, 0.05) is 22.8 Å². The molecule has 0 radical (unpaired) electrons. The highest BCUT2D eigenvalue weighted by Gasteiger charge is 2.09. The number of likely N-dealkylation sites (N-methyl/N-ethyl adjacent to an activating group) is 1. The van der Waals surface area contributed by atoms with Gasteiger partial charge in [-0.05, 0) is 25.1 Å². The van der Waals surface area contributed by atoms with Crippen molar-refractivity contribution < 1.29 is 9.53 Å². The molecular weight excluding hydrogens is 249 g/mol. The number of benzene rings is 1. The summed E-state index contributed by atoms with van der Waals surface area (Å²) in [6.07, 6.45) is 0. The first-order chi connectivity index (χ1) is 7.52.